The number of halogens is 3. The molecule has 6 nitrogen and oxygen atoms in total. The molecule has 172 valence electrons. The van der Waals surface area contributed by atoms with Crippen LogP contribution in [0.4, 0.5) is 13.2 Å². The maximum atomic E-state index is 12.7. The average Bonchev–Trinajstić information content (AvgIpc) is 3.42. The van der Waals surface area contributed by atoms with E-state index in [1.807, 2.05) is 42.5 Å². The Kier molecular flexibility index (Phi) is 6.39. The number of furan rings is 1. The Hall–Kier alpha value is -3.75. The van der Waals surface area contributed by atoms with Gasteiger partial charge in [0.1, 0.15) is 18.1 Å². The minimum Gasteiger partial charge on any atom is -0.486 e. The molecule has 0 saturated carbocycles. The van der Waals surface area contributed by atoms with Crippen LogP contribution in [-0.4, -0.2) is 22.2 Å². The number of nitrogens with zero attached hydrogens (tertiary/aromatic N) is 2. The summed E-state index contributed by atoms with van der Waals surface area (Å²) in [5, 5.41) is 8.44. The first kappa shape index (κ1) is 22.4. The van der Waals surface area contributed by atoms with E-state index in [4.69, 9.17) is 9.15 Å². The van der Waals surface area contributed by atoms with Gasteiger partial charge in [-0.25, -0.2) is 0 Å². The predicted molar refractivity (Wildman–Crippen MR) is 116 cm³/mol. The number of ether oxygens (including phenoxy) is 1. The number of carbonyl (C=O) groups is 1. The Bertz CT molecular complexity index is 1260. The van der Waals surface area contributed by atoms with Crippen LogP contribution in [0.3, 0.4) is 0 Å². The van der Waals surface area contributed by atoms with Crippen LogP contribution in [0, 0.1) is 6.92 Å². The number of aromatic nitrogens is 2. The summed E-state index contributed by atoms with van der Waals surface area (Å²) in [5.74, 6) is 0.931. The average molecular weight is 457 g/mol. The van der Waals surface area contributed by atoms with Crippen LogP contribution in [0.5, 0.6) is 5.75 Å². The highest BCUT2D eigenvalue weighted by Crippen LogP contribution is 2.28. The van der Waals surface area contributed by atoms with Gasteiger partial charge >= 0.3 is 6.18 Å². The van der Waals surface area contributed by atoms with E-state index in [2.05, 4.69) is 10.4 Å². The minimum atomic E-state index is -4.47. The molecular weight excluding hydrogens is 435 g/mol. The molecule has 9 heteroatoms. The van der Waals surface area contributed by atoms with Crippen LogP contribution in [0.2, 0.25) is 0 Å². The largest absolute Gasteiger partial charge is 0.486 e. The van der Waals surface area contributed by atoms with Crippen molar-refractivity contribution in [3.8, 4) is 5.75 Å². The highest BCUT2D eigenvalue weighted by atomic mass is 19.4. The zero-order valence-corrected chi connectivity index (χ0v) is 17.9. The topological polar surface area (TPSA) is 69.3 Å². The molecule has 0 bridgehead atoms. The molecule has 33 heavy (non-hydrogen) atoms. The molecule has 4 aromatic rings. The van der Waals surface area contributed by atoms with Gasteiger partial charge in [-0.1, -0.05) is 30.3 Å². The molecule has 2 aromatic carbocycles. The fourth-order valence-electron chi connectivity index (χ4n) is 3.38. The summed E-state index contributed by atoms with van der Waals surface area (Å²) in [6, 6.07) is 18.0. The normalized spacial score (nSPS) is 11.6. The van der Waals surface area contributed by atoms with Crippen molar-refractivity contribution in [1.82, 2.24) is 15.1 Å². The third-order valence-corrected chi connectivity index (χ3v) is 5.09. The number of benzene rings is 2. The molecule has 2 aromatic heterocycles. The number of alkyl halides is 3. The van der Waals surface area contributed by atoms with E-state index in [1.165, 1.54) is 4.68 Å². The van der Waals surface area contributed by atoms with E-state index in [1.54, 1.807) is 19.1 Å². The molecule has 0 unspecified atom stereocenters. The second kappa shape index (κ2) is 9.40. The molecule has 0 radical (unpaired) electrons. The van der Waals surface area contributed by atoms with Crippen molar-refractivity contribution in [2.45, 2.75) is 32.7 Å². The quantitative estimate of drug-likeness (QED) is 0.362. The fourth-order valence-corrected chi connectivity index (χ4v) is 3.38. The number of carbonyl (C=O) groups excluding carboxylic acids is 1. The summed E-state index contributed by atoms with van der Waals surface area (Å²) < 4.78 is 50.8. The number of nitrogens with one attached hydrogen (secondary N) is 1. The standard InChI is InChI=1S/C24H22F3N3O3/c1-16-13-22(24(25,26)27)29-30(16)12-4-11-28-23(31)21-10-9-20(33-21)15-32-19-8-7-17-5-2-3-6-18(17)14-19/h2-3,5-10,13-14H,4,11-12,15H2,1H3,(H,28,31). The van der Waals surface area contributed by atoms with Gasteiger partial charge in [-0.05, 0) is 54.4 Å². The number of rotatable bonds is 8. The Morgan fingerprint density at radius 2 is 1.88 bits per heavy atom. The zero-order valence-electron chi connectivity index (χ0n) is 17.9. The van der Waals surface area contributed by atoms with Gasteiger partial charge in [0, 0.05) is 18.8 Å². The van der Waals surface area contributed by atoms with Crippen molar-refractivity contribution >= 4 is 16.7 Å². The second-order valence-corrected chi connectivity index (χ2v) is 7.56. The lowest BCUT2D eigenvalue weighted by Gasteiger charge is -2.07. The highest BCUT2D eigenvalue weighted by molar-refractivity contribution is 5.91. The molecular formula is C24H22F3N3O3. The van der Waals surface area contributed by atoms with Crippen molar-refractivity contribution in [1.29, 1.82) is 0 Å². The van der Waals surface area contributed by atoms with Crippen LogP contribution in [0.25, 0.3) is 10.8 Å². The van der Waals surface area contributed by atoms with Crippen molar-refractivity contribution < 1.29 is 27.1 Å². The van der Waals surface area contributed by atoms with Crippen molar-refractivity contribution in [3.05, 3.63) is 83.6 Å². The van der Waals surface area contributed by atoms with E-state index >= 15 is 0 Å². The van der Waals surface area contributed by atoms with E-state index < -0.39 is 17.8 Å². The Balaban J connectivity index is 1.24. The van der Waals surface area contributed by atoms with Crippen LogP contribution in [-0.2, 0) is 19.3 Å². The van der Waals surface area contributed by atoms with Crippen molar-refractivity contribution in [3.63, 3.8) is 0 Å². The lowest BCUT2D eigenvalue weighted by Crippen LogP contribution is -2.25. The number of hydrogen-bond donors (Lipinski definition) is 1. The summed E-state index contributed by atoms with van der Waals surface area (Å²) in [5.41, 5.74) is -0.506. The predicted octanol–water partition coefficient (Wildman–Crippen LogP) is 5.36. The Morgan fingerprint density at radius 1 is 1.09 bits per heavy atom. The van der Waals surface area contributed by atoms with E-state index in [-0.39, 0.29) is 25.5 Å². The number of hydrogen-bond acceptors (Lipinski definition) is 4. The van der Waals surface area contributed by atoms with Crippen LogP contribution < -0.4 is 10.1 Å². The summed E-state index contributed by atoms with van der Waals surface area (Å²) in [6.45, 7) is 2.26. The lowest BCUT2D eigenvalue weighted by atomic mass is 10.1. The van der Waals surface area contributed by atoms with Crippen LogP contribution >= 0.6 is 0 Å². The van der Waals surface area contributed by atoms with Gasteiger partial charge in [0.05, 0.1) is 0 Å². The van der Waals surface area contributed by atoms with Gasteiger partial charge in [-0.3, -0.25) is 9.48 Å². The molecule has 0 aliphatic carbocycles. The number of aryl methyl sites for hydroxylation is 2. The van der Waals surface area contributed by atoms with E-state index in [0.717, 1.165) is 16.8 Å². The molecule has 0 aliphatic heterocycles. The summed E-state index contributed by atoms with van der Waals surface area (Å²) in [7, 11) is 0. The molecule has 2 heterocycles. The Labute approximate surface area is 188 Å². The first-order valence-electron chi connectivity index (χ1n) is 10.4. The van der Waals surface area contributed by atoms with Crippen molar-refractivity contribution in [2.24, 2.45) is 0 Å². The molecule has 0 aliphatic rings. The smallest absolute Gasteiger partial charge is 0.435 e. The monoisotopic (exact) mass is 457 g/mol. The minimum absolute atomic E-state index is 0.140. The SMILES string of the molecule is Cc1cc(C(F)(F)F)nn1CCCNC(=O)c1ccc(COc2ccc3ccccc3c2)o1. The fraction of sp³-hybridized carbons (Fsp3) is 0.250. The number of amides is 1. The molecule has 0 spiro atoms. The zero-order chi connectivity index (χ0) is 23.4. The van der Waals surface area contributed by atoms with Crippen molar-refractivity contribution in [2.75, 3.05) is 6.54 Å². The third kappa shape index (κ3) is 5.54. The molecule has 1 N–H and O–H groups in total. The molecule has 1 amide bonds. The highest BCUT2D eigenvalue weighted by Gasteiger charge is 2.34. The van der Waals surface area contributed by atoms with Gasteiger partial charge in [-0.15, -0.1) is 0 Å². The lowest BCUT2D eigenvalue weighted by molar-refractivity contribution is -0.141. The van der Waals surface area contributed by atoms with Gasteiger partial charge < -0.3 is 14.5 Å². The molecule has 0 atom stereocenters. The maximum absolute atomic E-state index is 12.7. The van der Waals surface area contributed by atoms with E-state index in [0.29, 0.717) is 23.6 Å². The second-order valence-electron chi connectivity index (χ2n) is 7.56. The molecule has 0 saturated heterocycles. The van der Waals surface area contributed by atoms with Gasteiger partial charge in [0.15, 0.2) is 11.5 Å². The van der Waals surface area contributed by atoms with Gasteiger partial charge in [0.2, 0.25) is 0 Å². The first-order chi connectivity index (χ1) is 15.8. The van der Waals surface area contributed by atoms with Gasteiger partial charge in [-0.2, -0.15) is 18.3 Å². The Morgan fingerprint density at radius 3 is 2.64 bits per heavy atom. The van der Waals surface area contributed by atoms with Crippen LogP contribution in [0.1, 0.15) is 34.1 Å². The third-order valence-electron chi connectivity index (χ3n) is 5.09. The maximum Gasteiger partial charge on any atom is 0.435 e. The van der Waals surface area contributed by atoms with Gasteiger partial charge in [0.25, 0.3) is 5.91 Å². The number of fused-ring (bicyclic) bond motifs is 1. The van der Waals surface area contributed by atoms with Crippen LogP contribution in [0.15, 0.2) is 65.1 Å². The summed E-state index contributed by atoms with van der Waals surface area (Å²) in [6.07, 6.45) is -4.05. The van der Waals surface area contributed by atoms with E-state index in [9.17, 15) is 18.0 Å². The molecule has 4 rings (SSSR count). The first-order valence-corrected chi connectivity index (χ1v) is 10.4. The molecule has 0 fully saturated rings. The summed E-state index contributed by atoms with van der Waals surface area (Å²) >= 11 is 0. The summed E-state index contributed by atoms with van der Waals surface area (Å²) in [4.78, 5) is 12.3.